The Morgan fingerprint density at radius 2 is 2.12 bits per heavy atom. The van der Waals surface area contributed by atoms with Gasteiger partial charge >= 0.3 is 0 Å². The predicted molar refractivity (Wildman–Crippen MR) is 69.4 cm³/mol. The number of hydrogen-bond acceptors (Lipinski definition) is 4. The maximum absolute atomic E-state index is 6.07. The Labute approximate surface area is 102 Å². The van der Waals surface area contributed by atoms with E-state index in [1.54, 1.807) is 6.20 Å². The summed E-state index contributed by atoms with van der Waals surface area (Å²) in [5.41, 5.74) is 0. The lowest BCUT2D eigenvalue weighted by atomic mass is 10.4. The van der Waals surface area contributed by atoms with E-state index in [1.807, 2.05) is 11.9 Å². The first-order valence-electron chi connectivity index (χ1n) is 5.66. The molecule has 0 aliphatic heterocycles. The van der Waals surface area contributed by atoms with Gasteiger partial charge in [-0.15, -0.1) is 0 Å². The minimum Gasteiger partial charge on any atom is -0.358 e. The first kappa shape index (κ1) is 13.0. The Morgan fingerprint density at radius 1 is 1.38 bits per heavy atom. The van der Waals surface area contributed by atoms with Gasteiger partial charge in [0.25, 0.3) is 0 Å². The van der Waals surface area contributed by atoms with Crippen molar-refractivity contribution in [2.45, 2.75) is 26.7 Å². The molecule has 1 aromatic heterocycles. The fourth-order valence-corrected chi connectivity index (χ4v) is 1.62. The van der Waals surface area contributed by atoms with Crippen molar-refractivity contribution in [1.29, 1.82) is 0 Å². The summed E-state index contributed by atoms with van der Waals surface area (Å²) in [6.07, 6.45) is 3.76. The highest BCUT2D eigenvalue weighted by molar-refractivity contribution is 6.32. The second-order valence-electron chi connectivity index (χ2n) is 3.71. The molecule has 0 saturated heterocycles. The summed E-state index contributed by atoms with van der Waals surface area (Å²) in [6.45, 7) is 6.04. The molecule has 0 spiro atoms. The Bertz CT molecular complexity index is 330. The average molecular weight is 243 g/mol. The third kappa shape index (κ3) is 3.52. The van der Waals surface area contributed by atoms with E-state index in [-0.39, 0.29) is 0 Å². The molecule has 5 heteroatoms. The summed E-state index contributed by atoms with van der Waals surface area (Å²) in [7, 11) is 1.99. The van der Waals surface area contributed by atoms with Crippen LogP contribution in [0.25, 0.3) is 0 Å². The maximum atomic E-state index is 6.07. The minimum absolute atomic E-state index is 0.595. The lowest BCUT2D eigenvalue weighted by molar-refractivity contribution is 0.833. The Kier molecular flexibility index (Phi) is 5.32. The molecule has 1 aromatic rings. The Hall–Kier alpha value is -1.03. The van der Waals surface area contributed by atoms with E-state index in [1.165, 1.54) is 0 Å². The van der Waals surface area contributed by atoms with E-state index in [9.17, 15) is 0 Å². The lowest BCUT2D eigenvalue weighted by Crippen LogP contribution is -2.20. The van der Waals surface area contributed by atoms with Crippen LogP contribution in [0.4, 0.5) is 11.8 Å². The quantitative estimate of drug-likeness (QED) is 0.833. The van der Waals surface area contributed by atoms with Gasteiger partial charge in [-0.3, -0.25) is 0 Å². The van der Waals surface area contributed by atoms with Crippen molar-refractivity contribution >= 4 is 23.4 Å². The van der Waals surface area contributed by atoms with Gasteiger partial charge in [0.15, 0.2) is 5.82 Å². The van der Waals surface area contributed by atoms with Gasteiger partial charge in [0.05, 0.1) is 6.20 Å². The van der Waals surface area contributed by atoms with Gasteiger partial charge < -0.3 is 10.2 Å². The first-order chi connectivity index (χ1) is 7.69. The van der Waals surface area contributed by atoms with Crippen molar-refractivity contribution in [2.24, 2.45) is 0 Å². The van der Waals surface area contributed by atoms with E-state index < -0.39 is 0 Å². The van der Waals surface area contributed by atoms with Gasteiger partial charge in [-0.25, -0.2) is 4.98 Å². The van der Waals surface area contributed by atoms with Crippen LogP contribution in [0.3, 0.4) is 0 Å². The smallest absolute Gasteiger partial charge is 0.224 e. The van der Waals surface area contributed by atoms with Crippen molar-refractivity contribution in [1.82, 2.24) is 9.97 Å². The lowest BCUT2D eigenvalue weighted by Gasteiger charge is -2.18. The van der Waals surface area contributed by atoms with E-state index in [0.29, 0.717) is 11.0 Å². The number of anilines is 2. The van der Waals surface area contributed by atoms with Crippen LogP contribution in [0.15, 0.2) is 6.20 Å². The van der Waals surface area contributed by atoms with Crippen molar-refractivity contribution < 1.29 is 0 Å². The summed E-state index contributed by atoms with van der Waals surface area (Å²) >= 11 is 6.07. The monoisotopic (exact) mass is 242 g/mol. The third-order valence-corrected chi connectivity index (χ3v) is 2.45. The summed E-state index contributed by atoms with van der Waals surface area (Å²) < 4.78 is 0. The molecular formula is C11H19ClN4. The molecular weight excluding hydrogens is 224 g/mol. The zero-order valence-corrected chi connectivity index (χ0v) is 10.9. The van der Waals surface area contributed by atoms with Gasteiger partial charge in [0, 0.05) is 20.1 Å². The summed E-state index contributed by atoms with van der Waals surface area (Å²) in [6, 6.07) is 0. The second-order valence-corrected chi connectivity index (χ2v) is 4.12. The molecule has 0 bridgehead atoms. The molecule has 0 atom stereocenters. The van der Waals surface area contributed by atoms with E-state index in [4.69, 9.17) is 11.6 Å². The molecule has 0 amide bonds. The molecule has 16 heavy (non-hydrogen) atoms. The van der Waals surface area contributed by atoms with Crippen molar-refractivity contribution in [3.05, 3.63) is 11.2 Å². The fourth-order valence-electron chi connectivity index (χ4n) is 1.39. The molecule has 0 radical (unpaired) electrons. The van der Waals surface area contributed by atoms with Crippen LogP contribution in [0.1, 0.15) is 26.7 Å². The number of nitrogens with zero attached hydrogens (tertiary/aromatic N) is 3. The van der Waals surface area contributed by atoms with Crippen LogP contribution in [-0.2, 0) is 0 Å². The standard InChI is InChI=1S/C11H19ClN4/c1-4-6-13-11-14-8-9(12)10(15-11)16(3)7-5-2/h8H,4-7H2,1-3H3,(H,13,14,15). The van der Waals surface area contributed by atoms with Crippen molar-refractivity contribution in [2.75, 3.05) is 30.4 Å². The highest BCUT2D eigenvalue weighted by Crippen LogP contribution is 2.22. The number of aromatic nitrogens is 2. The molecule has 0 aliphatic rings. The maximum Gasteiger partial charge on any atom is 0.224 e. The van der Waals surface area contributed by atoms with Gasteiger partial charge in [0.1, 0.15) is 5.02 Å². The van der Waals surface area contributed by atoms with Crippen LogP contribution < -0.4 is 10.2 Å². The zero-order valence-electron chi connectivity index (χ0n) is 10.1. The summed E-state index contributed by atoms with van der Waals surface area (Å²) in [5.74, 6) is 1.43. The number of hydrogen-bond donors (Lipinski definition) is 1. The molecule has 0 unspecified atom stereocenters. The predicted octanol–water partition coefficient (Wildman–Crippen LogP) is 2.80. The van der Waals surface area contributed by atoms with Crippen LogP contribution in [0, 0.1) is 0 Å². The summed E-state index contributed by atoms with van der Waals surface area (Å²) in [4.78, 5) is 10.6. The Morgan fingerprint density at radius 3 is 2.75 bits per heavy atom. The number of nitrogens with one attached hydrogen (secondary N) is 1. The molecule has 1 heterocycles. The minimum atomic E-state index is 0.595. The van der Waals surface area contributed by atoms with Crippen LogP contribution in [0.5, 0.6) is 0 Å². The van der Waals surface area contributed by atoms with Gasteiger partial charge in [0.2, 0.25) is 5.95 Å². The second kappa shape index (κ2) is 6.53. The van der Waals surface area contributed by atoms with Crippen LogP contribution in [-0.4, -0.2) is 30.1 Å². The molecule has 90 valence electrons. The molecule has 0 aromatic carbocycles. The van der Waals surface area contributed by atoms with Crippen LogP contribution >= 0.6 is 11.6 Å². The van der Waals surface area contributed by atoms with Crippen LogP contribution in [0.2, 0.25) is 5.02 Å². The normalized spacial score (nSPS) is 10.2. The van der Waals surface area contributed by atoms with Gasteiger partial charge in [-0.05, 0) is 12.8 Å². The zero-order chi connectivity index (χ0) is 12.0. The highest BCUT2D eigenvalue weighted by atomic mass is 35.5. The first-order valence-corrected chi connectivity index (χ1v) is 6.04. The van der Waals surface area contributed by atoms with Gasteiger partial charge in [-0.2, -0.15) is 4.98 Å². The molecule has 4 nitrogen and oxygen atoms in total. The highest BCUT2D eigenvalue weighted by Gasteiger charge is 2.09. The van der Waals surface area contributed by atoms with Crippen molar-refractivity contribution in [3.63, 3.8) is 0 Å². The Balaban J connectivity index is 2.81. The summed E-state index contributed by atoms with van der Waals surface area (Å²) in [5, 5.41) is 3.75. The van der Waals surface area contributed by atoms with Gasteiger partial charge in [-0.1, -0.05) is 25.4 Å². The third-order valence-electron chi connectivity index (χ3n) is 2.18. The average Bonchev–Trinajstić information content (AvgIpc) is 2.28. The molecule has 0 fully saturated rings. The molecule has 1 rings (SSSR count). The molecule has 0 aliphatic carbocycles. The SMILES string of the molecule is CCCNc1ncc(Cl)c(N(C)CCC)n1. The van der Waals surface area contributed by atoms with E-state index >= 15 is 0 Å². The largest absolute Gasteiger partial charge is 0.358 e. The van der Waals surface area contributed by atoms with Crippen molar-refractivity contribution in [3.8, 4) is 0 Å². The van der Waals surface area contributed by atoms with E-state index in [2.05, 4.69) is 29.1 Å². The van der Waals surface area contributed by atoms with E-state index in [0.717, 1.165) is 31.7 Å². The molecule has 1 N–H and O–H groups in total. The number of rotatable bonds is 6. The molecule has 0 saturated carbocycles. The number of halogens is 1. The fraction of sp³-hybridized carbons (Fsp3) is 0.636. The topological polar surface area (TPSA) is 41.1 Å².